The molecule has 31 heavy (non-hydrogen) atoms. The predicted octanol–water partition coefficient (Wildman–Crippen LogP) is 5.88. The van der Waals surface area contributed by atoms with Gasteiger partial charge in [0, 0.05) is 13.0 Å². The Morgan fingerprint density at radius 3 is 2.65 bits per heavy atom. The van der Waals surface area contributed by atoms with Gasteiger partial charge in [-0.1, -0.05) is 32.4 Å². The van der Waals surface area contributed by atoms with Gasteiger partial charge in [0.25, 0.3) is 0 Å². The molecular formula is C28H46O3. The summed E-state index contributed by atoms with van der Waals surface area (Å²) < 4.78 is 5.47. The van der Waals surface area contributed by atoms with Gasteiger partial charge in [-0.2, -0.15) is 0 Å². The van der Waals surface area contributed by atoms with Crippen LogP contribution in [0.25, 0.3) is 0 Å². The average molecular weight is 431 g/mol. The van der Waals surface area contributed by atoms with Crippen LogP contribution in [0.4, 0.5) is 0 Å². The second-order valence-electron chi connectivity index (χ2n) is 12.6. The van der Waals surface area contributed by atoms with Gasteiger partial charge in [-0.05, 0) is 112 Å². The number of ether oxygens (including phenoxy) is 1. The third kappa shape index (κ3) is 3.85. The molecule has 0 amide bonds. The van der Waals surface area contributed by atoms with Crippen LogP contribution in [-0.2, 0) is 4.74 Å². The fourth-order valence-electron chi connectivity index (χ4n) is 9.13. The largest absolute Gasteiger partial charge is 0.390 e. The minimum atomic E-state index is -0.559. The van der Waals surface area contributed by atoms with Crippen molar-refractivity contribution in [1.82, 2.24) is 0 Å². The molecule has 5 aliphatic rings. The molecule has 1 heterocycles. The number of hydrogen-bond acceptors (Lipinski definition) is 3. The number of aliphatic hydroxyl groups is 2. The van der Waals surface area contributed by atoms with Gasteiger partial charge in [-0.25, -0.2) is 0 Å². The minimum absolute atomic E-state index is 0.430. The standard InChI is InChI=1S/C28H46O3/c1-4-27(29)14-11-21-20(17-27)5-6-23-22(21)10-12-26(3)24(7-8-25(23)26)19(2)9-13-28(30)15-16-31-18-28/h5,19,21-25,29-30H,4,6-18H2,1-3H3/t19-,21+,22?,23?,24-,25+,26-,27+,28-/m1/s1. The summed E-state index contributed by atoms with van der Waals surface area (Å²) in [5.74, 6) is 4.87. The van der Waals surface area contributed by atoms with Crippen molar-refractivity contribution in [3.8, 4) is 0 Å². The van der Waals surface area contributed by atoms with Gasteiger partial charge >= 0.3 is 0 Å². The molecule has 3 heteroatoms. The molecule has 0 radical (unpaired) electrons. The lowest BCUT2D eigenvalue weighted by atomic mass is 9.50. The molecule has 1 aliphatic heterocycles. The lowest BCUT2D eigenvalue weighted by Gasteiger charge is -2.55. The quantitative estimate of drug-likeness (QED) is 0.535. The van der Waals surface area contributed by atoms with Gasteiger partial charge in [-0.3, -0.25) is 0 Å². The summed E-state index contributed by atoms with van der Waals surface area (Å²) in [6.45, 7) is 8.51. The molecule has 0 spiro atoms. The molecule has 5 rings (SSSR count). The van der Waals surface area contributed by atoms with E-state index in [9.17, 15) is 10.2 Å². The summed E-state index contributed by atoms with van der Waals surface area (Å²) in [6, 6.07) is 0. The van der Waals surface area contributed by atoms with Crippen LogP contribution >= 0.6 is 0 Å². The number of hydrogen-bond donors (Lipinski definition) is 2. The van der Waals surface area contributed by atoms with Crippen LogP contribution in [0.15, 0.2) is 11.6 Å². The Balaban J connectivity index is 1.27. The maximum absolute atomic E-state index is 10.9. The van der Waals surface area contributed by atoms with Crippen LogP contribution < -0.4 is 0 Å². The zero-order chi connectivity index (χ0) is 21.9. The zero-order valence-electron chi connectivity index (χ0n) is 20.2. The predicted molar refractivity (Wildman–Crippen MR) is 125 cm³/mol. The lowest BCUT2D eigenvalue weighted by molar-refractivity contribution is -0.0481. The molecule has 0 aromatic rings. The highest BCUT2D eigenvalue weighted by molar-refractivity contribution is 5.22. The highest BCUT2D eigenvalue weighted by atomic mass is 16.5. The van der Waals surface area contributed by atoms with Crippen molar-refractivity contribution in [1.29, 1.82) is 0 Å². The molecule has 2 N–H and O–H groups in total. The van der Waals surface area contributed by atoms with Crippen molar-refractivity contribution in [2.24, 2.45) is 40.9 Å². The van der Waals surface area contributed by atoms with Gasteiger partial charge in [0.15, 0.2) is 0 Å². The highest BCUT2D eigenvalue weighted by Gasteiger charge is 2.57. The molecule has 3 nitrogen and oxygen atoms in total. The van der Waals surface area contributed by atoms with Gasteiger partial charge in [0.05, 0.1) is 17.8 Å². The second-order valence-corrected chi connectivity index (χ2v) is 12.6. The SMILES string of the molecule is CC[C@]1(O)CC[C@H]2C(=CCC3C2CC[C@]2(C)[C@@H]([C@H](C)CC[C@@]4(O)CCOC4)CC[C@@H]32)C1. The summed E-state index contributed by atoms with van der Waals surface area (Å²) in [4.78, 5) is 0. The molecule has 176 valence electrons. The minimum Gasteiger partial charge on any atom is -0.390 e. The number of fused-ring (bicyclic) bond motifs is 5. The Labute approximate surface area is 190 Å². The van der Waals surface area contributed by atoms with E-state index in [1.807, 2.05) is 0 Å². The maximum atomic E-state index is 10.9. The third-order valence-corrected chi connectivity index (χ3v) is 11.2. The summed E-state index contributed by atoms with van der Waals surface area (Å²) in [7, 11) is 0. The molecule has 0 bridgehead atoms. The van der Waals surface area contributed by atoms with E-state index in [-0.39, 0.29) is 0 Å². The van der Waals surface area contributed by atoms with Crippen molar-refractivity contribution in [2.45, 2.75) is 109 Å². The first-order chi connectivity index (χ1) is 14.8. The monoisotopic (exact) mass is 430 g/mol. The van der Waals surface area contributed by atoms with Crippen LogP contribution in [0.3, 0.4) is 0 Å². The van der Waals surface area contributed by atoms with Crippen LogP contribution in [0, 0.1) is 40.9 Å². The molecule has 4 fully saturated rings. The fraction of sp³-hybridized carbons (Fsp3) is 0.929. The summed E-state index contributed by atoms with van der Waals surface area (Å²) in [5, 5.41) is 21.6. The van der Waals surface area contributed by atoms with E-state index in [4.69, 9.17) is 4.74 Å². The highest BCUT2D eigenvalue weighted by Crippen LogP contribution is 2.65. The molecule has 2 unspecified atom stereocenters. The topological polar surface area (TPSA) is 49.7 Å². The third-order valence-electron chi connectivity index (χ3n) is 11.2. The molecule has 3 saturated carbocycles. The van der Waals surface area contributed by atoms with E-state index in [0.29, 0.717) is 17.9 Å². The van der Waals surface area contributed by atoms with Crippen LogP contribution in [0.1, 0.15) is 97.8 Å². The van der Waals surface area contributed by atoms with Crippen molar-refractivity contribution in [3.05, 3.63) is 11.6 Å². The maximum Gasteiger partial charge on any atom is 0.0902 e. The summed E-state index contributed by atoms with van der Waals surface area (Å²) >= 11 is 0. The van der Waals surface area contributed by atoms with E-state index in [0.717, 1.165) is 74.7 Å². The van der Waals surface area contributed by atoms with Gasteiger partial charge in [0.2, 0.25) is 0 Å². The Kier molecular flexibility index (Phi) is 5.88. The Bertz CT molecular complexity index is 694. The lowest BCUT2D eigenvalue weighted by Crippen LogP contribution is -2.48. The molecule has 0 aromatic heterocycles. The normalized spacial score (nSPS) is 50.4. The zero-order valence-corrected chi connectivity index (χ0v) is 20.2. The number of allylic oxidation sites excluding steroid dienone is 1. The first kappa shape index (κ1) is 22.4. The Hall–Kier alpha value is -0.380. The van der Waals surface area contributed by atoms with Crippen molar-refractivity contribution in [3.63, 3.8) is 0 Å². The molecular weight excluding hydrogens is 384 g/mol. The van der Waals surface area contributed by atoms with E-state index in [2.05, 4.69) is 26.8 Å². The molecule has 4 aliphatic carbocycles. The Morgan fingerprint density at radius 2 is 1.90 bits per heavy atom. The van der Waals surface area contributed by atoms with E-state index >= 15 is 0 Å². The molecule has 9 atom stereocenters. The van der Waals surface area contributed by atoms with Crippen LogP contribution in [0.2, 0.25) is 0 Å². The first-order valence-corrected chi connectivity index (χ1v) is 13.5. The van der Waals surface area contributed by atoms with E-state index in [1.165, 1.54) is 38.5 Å². The fourth-order valence-corrected chi connectivity index (χ4v) is 9.13. The van der Waals surface area contributed by atoms with Gasteiger partial charge in [0.1, 0.15) is 0 Å². The van der Waals surface area contributed by atoms with E-state index < -0.39 is 11.2 Å². The molecule has 0 aromatic carbocycles. The van der Waals surface area contributed by atoms with E-state index in [1.54, 1.807) is 5.57 Å². The van der Waals surface area contributed by atoms with Crippen LogP contribution in [-0.4, -0.2) is 34.6 Å². The number of rotatable bonds is 5. The average Bonchev–Trinajstić information content (AvgIpc) is 3.35. The van der Waals surface area contributed by atoms with Crippen molar-refractivity contribution in [2.75, 3.05) is 13.2 Å². The smallest absolute Gasteiger partial charge is 0.0902 e. The van der Waals surface area contributed by atoms with Gasteiger partial charge < -0.3 is 14.9 Å². The summed E-state index contributed by atoms with van der Waals surface area (Å²) in [6.07, 6.45) is 16.3. The molecule has 1 saturated heterocycles. The van der Waals surface area contributed by atoms with Crippen molar-refractivity contribution < 1.29 is 14.9 Å². The summed E-state index contributed by atoms with van der Waals surface area (Å²) in [5.41, 5.74) is 1.10. The van der Waals surface area contributed by atoms with Crippen LogP contribution in [0.5, 0.6) is 0 Å². The van der Waals surface area contributed by atoms with Gasteiger partial charge in [-0.15, -0.1) is 0 Å². The Morgan fingerprint density at radius 1 is 1.06 bits per heavy atom. The second kappa shape index (κ2) is 8.13. The first-order valence-electron chi connectivity index (χ1n) is 13.5. The van der Waals surface area contributed by atoms with Crippen molar-refractivity contribution >= 4 is 0 Å².